The molecule has 0 radical (unpaired) electrons. The number of carbonyl (C=O) groups excluding carboxylic acids is 2. The van der Waals surface area contributed by atoms with E-state index in [4.69, 9.17) is 4.74 Å². The molecule has 0 saturated carbocycles. The number of benzene rings is 2. The third-order valence-electron chi connectivity index (χ3n) is 3.66. The molecule has 0 saturated heterocycles. The predicted molar refractivity (Wildman–Crippen MR) is 87.7 cm³/mol. The van der Waals surface area contributed by atoms with Crippen molar-refractivity contribution in [3.8, 4) is 5.75 Å². The molecule has 5 nitrogen and oxygen atoms in total. The van der Waals surface area contributed by atoms with Crippen LogP contribution >= 0.6 is 0 Å². The summed E-state index contributed by atoms with van der Waals surface area (Å²) in [5.41, 5.74) is 1.28. The molecule has 0 bridgehead atoms. The number of carbonyl (C=O) groups is 2. The van der Waals surface area contributed by atoms with Gasteiger partial charge in [0.05, 0.1) is 18.8 Å². The molecule has 2 amide bonds. The number of para-hydroxylation sites is 2. The van der Waals surface area contributed by atoms with Crippen molar-refractivity contribution in [3.63, 3.8) is 0 Å². The maximum Gasteiger partial charge on any atom is 0.251 e. The first kappa shape index (κ1) is 15.1. The van der Waals surface area contributed by atoms with Crippen molar-refractivity contribution in [2.24, 2.45) is 0 Å². The van der Waals surface area contributed by atoms with Gasteiger partial charge in [0.2, 0.25) is 5.91 Å². The van der Waals surface area contributed by atoms with Gasteiger partial charge in [0.15, 0.2) is 0 Å². The topological polar surface area (TPSA) is 58.6 Å². The lowest BCUT2D eigenvalue weighted by atomic mass is 10.2. The maximum absolute atomic E-state index is 12.5. The average Bonchev–Trinajstić information content (AvgIpc) is 2.59. The van der Waals surface area contributed by atoms with Crippen molar-refractivity contribution in [1.29, 1.82) is 0 Å². The Morgan fingerprint density at radius 3 is 2.61 bits per heavy atom. The van der Waals surface area contributed by atoms with Gasteiger partial charge in [-0.2, -0.15) is 0 Å². The number of hydrogen-bond donors (Lipinski definition) is 1. The molecule has 118 valence electrons. The number of rotatable bonds is 3. The first-order valence-electron chi connectivity index (χ1n) is 7.54. The third-order valence-corrected chi connectivity index (χ3v) is 3.66. The second kappa shape index (κ2) is 6.52. The number of hydrogen-bond acceptors (Lipinski definition) is 3. The summed E-state index contributed by atoms with van der Waals surface area (Å²) in [5, 5.41) is 2.67. The SMILES string of the molecule is CC1CN(C(=O)CNC(=O)c2ccccc2)c2ccccc2O1. The van der Waals surface area contributed by atoms with Crippen molar-refractivity contribution < 1.29 is 14.3 Å². The number of ether oxygens (including phenoxy) is 1. The number of fused-ring (bicyclic) bond motifs is 1. The Labute approximate surface area is 134 Å². The van der Waals surface area contributed by atoms with Gasteiger partial charge >= 0.3 is 0 Å². The Morgan fingerprint density at radius 2 is 1.83 bits per heavy atom. The van der Waals surface area contributed by atoms with Gasteiger partial charge in [-0.05, 0) is 31.2 Å². The molecule has 5 heteroatoms. The highest BCUT2D eigenvalue weighted by molar-refractivity contribution is 6.01. The van der Waals surface area contributed by atoms with E-state index in [0.717, 1.165) is 5.69 Å². The van der Waals surface area contributed by atoms with Crippen LogP contribution in [0.2, 0.25) is 0 Å². The zero-order chi connectivity index (χ0) is 16.2. The molecule has 2 aromatic rings. The van der Waals surface area contributed by atoms with Gasteiger partial charge in [0.1, 0.15) is 11.9 Å². The summed E-state index contributed by atoms with van der Waals surface area (Å²) in [4.78, 5) is 26.2. The minimum Gasteiger partial charge on any atom is -0.487 e. The van der Waals surface area contributed by atoms with E-state index in [-0.39, 0.29) is 24.5 Å². The van der Waals surface area contributed by atoms with E-state index in [1.54, 1.807) is 29.2 Å². The van der Waals surface area contributed by atoms with E-state index in [1.807, 2.05) is 37.3 Å². The van der Waals surface area contributed by atoms with Gasteiger partial charge in [0, 0.05) is 5.56 Å². The molecule has 1 heterocycles. The molecule has 1 unspecified atom stereocenters. The quantitative estimate of drug-likeness (QED) is 0.946. The standard InChI is InChI=1S/C18H18N2O3/c1-13-12-20(15-9-5-6-10-16(15)23-13)17(21)11-19-18(22)14-7-3-2-4-8-14/h2-10,13H,11-12H2,1H3,(H,19,22). The Hall–Kier alpha value is -2.82. The fourth-order valence-electron chi connectivity index (χ4n) is 2.57. The summed E-state index contributed by atoms with van der Waals surface area (Å²) >= 11 is 0. The minimum absolute atomic E-state index is 0.0468. The lowest BCUT2D eigenvalue weighted by Crippen LogP contribution is -2.46. The van der Waals surface area contributed by atoms with Gasteiger partial charge in [-0.15, -0.1) is 0 Å². The van der Waals surface area contributed by atoms with Gasteiger partial charge in [-0.1, -0.05) is 30.3 Å². The van der Waals surface area contributed by atoms with Gasteiger partial charge in [-0.25, -0.2) is 0 Å². The summed E-state index contributed by atoms with van der Waals surface area (Å²) in [7, 11) is 0. The molecular weight excluding hydrogens is 292 g/mol. The second-order valence-corrected chi connectivity index (χ2v) is 5.45. The van der Waals surface area contributed by atoms with Crippen LogP contribution in [0.3, 0.4) is 0 Å². The van der Waals surface area contributed by atoms with E-state index < -0.39 is 0 Å². The van der Waals surface area contributed by atoms with Crippen LogP contribution in [0.25, 0.3) is 0 Å². The molecule has 2 aromatic carbocycles. The van der Waals surface area contributed by atoms with Crippen molar-refractivity contribution in [1.82, 2.24) is 5.32 Å². The molecule has 3 rings (SSSR count). The minimum atomic E-state index is -0.256. The Morgan fingerprint density at radius 1 is 1.13 bits per heavy atom. The van der Waals surface area contributed by atoms with Crippen LogP contribution in [0.15, 0.2) is 54.6 Å². The molecular formula is C18H18N2O3. The number of nitrogens with zero attached hydrogens (tertiary/aromatic N) is 1. The van der Waals surface area contributed by atoms with Gasteiger partial charge < -0.3 is 15.0 Å². The molecule has 0 fully saturated rings. The van der Waals surface area contributed by atoms with E-state index in [9.17, 15) is 9.59 Å². The number of nitrogens with one attached hydrogen (secondary N) is 1. The fraction of sp³-hybridized carbons (Fsp3) is 0.222. The van der Waals surface area contributed by atoms with Crippen LogP contribution in [-0.4, -0.2) is 31.0 Å². The van der Waals surface area contributed by atoms with Gasteiger partial charge in [-0.3, -0.25) is 9.59 Å². The Balaban J connectivity index is 1.68. The molecule has 0 aromatic heterocycles. The maximum atomic E-state index is 12.5. The highest BCUT2D eigenvalue weighted by Gasteiger charge is 2.27. The second-order valence-electron chi connectivity index (χ2n) is 5.45. The normalized spacial score (nSPS) is 16.2. The Bertz CT molecular complexity index is 715. The summed E-state index contributed by atoms with van der Waals surface area (Å²) in [6.07, 6.45) is -0.0846. The molecule has 1 aliphatic rings. The summed E-state index contributed by atoms with van der Waals surface area (Å²) in [6.45, 7) is 2.34. The first-order valence-corrected chi connectivity index (χ1v) is 7.54. The van der Waals surface area contributed by atoms with Crippen LogP contribution in [0.1, 0.15) is 17.3 Å². The monoisotopic (exact) mass is 310 g/mol. The Kier molecular flexibility index (Phi) is 4.28. The van der Waals surface area contributed by atoms with E-state index >= 15 is 0 Å². The zero-order valence-corrected chi connectivity index (χ0v) is 12.9. The van der Waals surface area contributed by atoms with E-state index in [0.29, 0.717) is 17.9 Å². The molecule has 0 spiro atoms. The zero-order valence-electron chi connectivity index (χ0n) is 12.9. The fourth-order valence-corrected chi connectivity index (χ4v) is 2.57. The third kappa shape index (κ3) is 3.34. The van der Waals surface area contributed by atoms with Crippen molar-refractivity contribution in [2.45, 2.75) is 13.0 Å². The van der Waals surface area contributed by atoms with Crippen molar-refractivity contribution in [3.05, 3.63) is 60.2 Å². The van der Waals surface area contributed by atoms with E-state index in [2.05, 4.69) is 5.32 Å². The van der Waals surface area contributed by atoms with Crippen LogP contribution in [0.4, 0.5) is 5.69 Å². The number of amides is 2. The molecule has 1 atom stereocenters. The summed E-state index contributed by atoms with van der Waals surface area (Å²) < 4.78 is 5.73. The summed E-state index contributed by atoms with van der Waals surface area (Å²) in [5.74, 6) is 0.277. The van der Waals surface area contributed by atoms with E-state index in [1.165, 1.54) is 0 Å². The van der Waals surface area contributed by atoms with Crippen LogP contribution in [0.5, 0.6) is 5.75 Å². The van der Waals surface area contributed by atoms with Crippen LogP contribution in [-0.2, 0) is 4.79 Å². The number of anilines is 1. The smallest absolute Gasteiger partial charge is 0.251 e. The highest BCUT2D eigenvalue weighted by Crippen LogP contribution is 2.32. The van der Waals surface area contributed by atoms with Crippen molar-refractivity contribution in [2.75, 3.05) is 18.0 Å². The van der Waals surface area contributed by atoms with Crippen LogP contribution in [0, 0.1) is 0 Å². The first-order chi connectivity index (χ1) is 11.1. The summed E-state index contributed by atoms with van der Waals surface area (Å²) in [6, 6.07) is 16.3. The average molecular weight is 310 g/mol. The predicted octanol–water partition coefficient (Wildman–Crippen LogP) is 2.23. The lowest BCUT2D eigenvalue weighted by molar-refractivity contribution is -0.118. The van der Waals surface area contributed by atoms with Gasteiger partial charge in [0.25, 0.3) is 5.91 Å². The lowest BCUT2D eigenvalue weighted by Gasteiger charge is -2.33. The largest absolute Gasteiger partial charge is 0.487 e. The molecule has 0 aliphatic carbocycles. The highest BCUT2D eigenvalue weighted by atomic mass is 16.5. The van der Waals surface area contributed by atoms with Crippen LogP contribution < -0.4 is 15.0 Å². The molecule has 1 aliphatic heterocycles. The molecule has 23 heavy (non-hydrogen) atoms. The molecule has 1 N–H and O–H groups in total. The van der Waals surface area contributed by atoms with Crippen molar-refractivity contribution >= 4 is 17.5 Å².